The third kappa shape index (κ3) is 3.96. The predicted octanol–water partition coefficient (Wildman–Crippen LogP) is 5.17. The molecule has 0 aliphatic rings. The van der Waals surface area contributed by atoms with E-state index in [0.29, 0.717) is 14.5 Å². The summed E-state index contributed by atoms with van der Waals surface area (Å²) in [5, 5.41) is 0.982. The molecule has 0 unspecified atom stereocenters. The maximum absolute atomic E-state index is 13.8. The molecule has 0 bridgehead atoms. The van der Waals surface area contributed by atoms with E-state index in [9.17, 15) is 9.18 Å². The number of nitrogens with zero attached hydrogens (tertiary/aromatic N) is 1. The Bertz CT molecular complexity index is 653. The van der Waals surface area contributed by atoms with Gasteiger partial charge in [0.25, 0.3) is 5.91 Å². The molecule has 0 spiro atoms. The fraction of sp³-hybridized carbons (Fsp3) is 0.133. The van der Waals surface area contributed by atoms with Crippen molar-refractivity contribution in [2.75, 3.05) is 7.05 Å². The van der Waals surface area contributed by atoms with Crippen LogP contribution in [0.2, 0.25) is 10.0 Å². The predicted molar refractivity (Wildman–Crippen MR) is 86.4 cm³/mol. The monoisotopic (exact) mass is 389 g/mol. The summed E-state index contributed by atoms with van der Waals surface area (Å²) in [4.78, 5) is 13.8. The maximum Gasteiger partial charge on any atom is 0.258 e. The van der Waals surface area contributed by atoms with E-state index in [0.717, 1.165) is 5.56 Å². The summed E-state index contributed by atoms with van der Waals surface area (Å²) in [6.45, 7) is 0.278. The van der Waals surface area contributed by atoms with Crippen molar-refractivity contribution in [1.82, 2.24) is 4.90 Å². The minimum Gasteiger partial charge on any atom is -0.337 e. The molecule has 0 radical (unpaired) electrons. The molecule has 0 fully saturated rings. The highest BCUT2D eigenvalue weighted by molar-refractivity contribution is 9.10. The van der Waals surface area contributed by atoms with E-state index in [-0.39, 0.29) is 12.1 Å². The zero-order valence-electron chi connectivity index (χ0n) is 11.0. The Morgan fingerprint density at radius 3 is 2.43 bits per heavy atom. The summed E-state index contributed by atoms with van der Waals surface area (Å²) in [7, 11) is 1.59. The molecule has 0 aromatic heterocycles. The molecule has 0 aliphatic heterocycles. The Hall–Kier alpha value is -1.10. The van der Waals surface area contributed by atoms with Crippen molar-refractivity contribution in [2.45, 2.75) is 6.54 Å². The summed E-state index contributed by atoms with van der Waals surface area (Å²) in [6, 6.07) is 9.46. The highest BCUT2D eigenvalue weighted by Crippen LogP contribution is 2.23. The van der Waals surface area contributed by atoms with Crippen LogP contribution in [0.4, 0.5) is 4.39 Å². The molecule has 0 saturated heterocycles. The van der Waals surface area contributed by atoms with Gasteiger partial charge in [0.05, 0.1) is 5.56 Å². The van der Waals surface area contributed by atoms with E-state index in [1.807, 2.05) is 0 Å². The first-order valence-electron chi connectivity index (χ1n) is 6.03. The molecular formula is C15H11BrCl2FNO. The van der Waals surface area contributed by atoms with Gasteiger partial charge in [0.2, 0.25) is 0 Å². The standard InChI is InChI=1S/C15H11BrCl2FNO/c1-20(8-9-5-10(17)7-11(18)6-9)15(21)14-12(16)3-2-4-13(14)19/h2-7H,8H2,1H3. The minimum atomic E-state index is -0.564. The maximum atomic E-state index is 13.8. The third-order valence-electron chi connectivity index (χ3n) is 2.87. The van der Waals surface area contributed by atoms with Gasteiger partial charge in [-0.25, -0.2) is 4.39 Å². The number of hydrogen-bond acceptors (Lipinski definition) is 1. The average Bonchev–Trinajstić information content (AvgIpc) is 2.36. The molecule has 21 heavy (non-hydrogen) atoms. The Balaban J connectivity index is 2.24. The molecule has 2 aromatic carbocycles. The first-order valence-corrected chi connectivity index (χ1v) is 7.58. The number of amides is 1. The lowest BCUT2D eigenvalue weighted by Gasteiger charge is -2.18. The van der Waals surface area contributed by atoms with Crippen LogP contribution < -0.4 is 0 Å². The van der Waals surface area contributed by atoms with Gasteiger partial charge in [-0.15, -0.1) is 0 Å². The number of halogens is 4. The fourth-order valence-electron chi connectivity index (χ4n) is 1.94. The smallest absolute Gasteiger partial charge is 0.258 e. The van der Waals surface area contributed by atoms with Crippen molar-refractivity contribution in [3.05, 3.63) is 67.9 Å². The number of carbonyl (C=O) groups is 1. The van der Waals surface area contributed by atoms with Crippen molar-refractivity contribution in [3.8, 4) is 0 Å². The van der Waals surface area contributed by atoms with Gasteiger partial charge < -0.3 is 4.90 Å². The lowest BCUT2D eigenvalue weighted by Crippen LogP contribution is -2.27. The van der Waals surface area contributed by atoms with Gasteiger partial charge in [0.1, 0.15) is 5.82 Å². The van der Waals surface area contributed by atoms with Crippen molar-refractivity contribution < 1.29 is 9.18 Å². The summed E-state index contributed by atoms with van der Waals surface area (Å²) < 4.78 is 14.2. The van der Waals surface area contributed by atoms with Crippen LogP contribution in [0.25, 0.3) is 0 Å². The first kappa shape index (κ1) is 16.3. The van der Waals surface area contributed by atoms with E-state index < -0.39 is 11.7 Å². The van der Waals surface area contributed by atoms with Gasteiger partial charge in [-0.05, 0) is 51.8 Å². The van der Waals surface area contributed by atoms with E-state index in [1.165, 1.54) is 17.0 Å². The Morgan fingerprint density at radius 2 is 1.86 bits per heavy atom. The molecule has 0 N–H and O–H groups in total. The van der Waals surface area contributed by atoms with Crippen LogP contribution in [0.1, 0.15) is 15.9 Å². The summed E-state index contributed by atoms with van der Waals surface area (Å²) in [5.74, 6) is -0.985. The Labute approximate surface area is 140 Å². The molecule has 110 valence electrons. The van der Waals surface area contributed by atoms with Crippen molar-refractivity contribution in [2.24, 2.45) is 0 Å². The molecule has 2 rings (SSSR count). The van der Waals surface area contributed by atoms with Crippen LogP contribution in [0.5, 0.6) is 0 Å². The Morgan fingerprint density at radius 1 is 1.24 bits per heavy atom. The lowest BCUT2D eigenvalue weighted by molar-refractivity contribution is 0.0779. The van der Waals surface area contributed by atoms with Gasteiger partial charge in [-0.3, -0.25) is 4.79 Å². The average molecular weight is 391 g/mol. The number of hydrogen-bond donors (Lipinski definition) is 0. The van der Waals surface area contributed by atoms with Gasteiger partial charge >= 0.3 is 0 Å². The van der Waals surface area contributed by atoms with E-state index >= 15 is 0 Å². The zero-order valence-corrected chi connectivity index (χ0v) is 14.1. The molecule has 6 heteroatoms. The minimum absolute atomic E-state index is 0.00752. The summed E-state index contributed by atoms with van der Waals surface area (Å²) >= 11 is 15.0. The molecule has 0 atom stereocenters. The van der Waals surface area contributed by atoms with Crippen LogP contribution in [-0.4, -0.2) is 17.9 Å². The van der Waals surface area contributed by atoms with Gasteiger partial charge in [-0.1, -0.05) is 29.3 Å². The largest absolute Gasteiger partial charge is 0.337 e. The molecule has 0 saturated carbocycles. The summed E-state index contributed by atoms with van der Waals surface area (Å²) in [6.07, 6.45) is 0. The molecule has 2 aromatic rings. The number of carbonyl (C=O) groups excluding carboxylic acids is 1. The van der Waals surface area contributed by atoms with Crippen molar-refractivity contribution in [3.63, 3.8) is 0 Å². The normalized spacial score (nSPS) is 10.5. The molecule has 2 nitrogen and oxygen atoms in total. The second-order valence-corrected chi connectivity index (χ2v) is 6.26. The van der Waals surface area contributed by atoms with Crippen LogP contribution >= 0.6 is 39.1 Å². The molecule has 0 aliphatic carbocycles. The second-order valence-electron chi connectivity index (χ2n) is 4.54. The van der Waals surface area contributed by atoms with E-state index in [2.05, 4.69) is 15.9 Å². The highest BCUT2D eigenvalue weighted by atomic mass is 79.9. The van der Waals surface area contributed by atoms with E-state index in [4.69, 9.17) is 23.2 Å². The fourth-order valence-corrected chi connectivity index (χ4v) is 3.02. The topological polar surface area (TPSA) is 20.3 Å². The molecule has 0 heterocycles. The van der Waals surface area contributed by atoms with Crippen LogP contribution in [0, 0.1) is 5.82 Å². The van der Waals surface area contributed by atoms with Crippen LogP contribution in [-0.2, 0) is 6.54 Å². The molecular weight excluding hydrogens is 380 g/mol. The summed E-state index contributed by atoms with van der Waals surface area (Å²) in [5.41, 5.74) is 0.781. The lowest BCUT2D eigenvalue weighted by atomic mass is 10.1. The van der Waals surface area contributed by atoms with Gasteiger partial charge in [0, 0.05) is 28.1 Å². The first-order chi connectivity index (χ1) is 9.88. The Kier molecular flexibility index (Phi) is 5.25. The van der Waals surface area contributed by atoms with Crippen LogP contribution in [0.3, 0.4) is 0 Å². The zero-order chi connectivity index (χ0) is 15.6. The van der Waals surface area contributed by atoms with Crippen LogP contribution in [0.15, 0.2) is 40.9 Å². The third-order valence-corrected chi connectivity index (χ3v) is 3.96. The SMILES string of the molecule is CN(Cc1cc(Cl)cc(Cl)c1)C(=O)c1c(F)cccc1Br. The van der Waals surface area contributed by atoms with Crippen molar-refractivity contribution in [1.29, 1.82) is 0 Å². The van der Waals surface area contributed by atoms with Gasteiger partial charge in [-0.2, -0.15) is 0 Å². The van der Waals surface area contributed by atoms with Crippen molar-refractivity contribution >= 4 is 45.0 Å². The van der Waals surface area contributed by atoms with E-state index in [1.54, 1.807) is 31.3 Å². The number of rotatable bonds is 3. The molecule has 1 amide bonds. The number of benzene rings is 2. The quantitative estimate of drug-likeness (QED) is 0.708. The van der Waals surface area contributed by atoms with Gasteiger partial charge in [0.15, 0.2) is 0 Å². The highest BCUT2D eigenvalue weighted by Gasteiger charge is 2.19. The second kappa shape index (κ2) is 6.77.